The summed E-state index contributed by atoms with van der Waals surface area (Å²) in [5, 5.41) is 9.02. The summed E-state index contributed by atoms with van der Waals surface area (Å²) in [6, 6.07) is 0. The molecular formula is C12H13N3O3. The summed E-state index contributed by atoms with van der Waals surface area (Å²) in [5.74, 6) is -0.620. The number of carboxylic acids is 1. The second kappa shape index (κ2) is 4.29. The zero-order valence-corrected chi connectivity index (χ0v) is 9.72. The number of hydrogen-bond acceptors (Lipinski definition) is 4. The highest BCUT2D eigenvalue weighted by Crippen LogP contribution is 2.24. The molecule has 1 aliphatic rings. The largest absolute Gasteiger partial charge is 0.478 e. The lowest BCUT2D eigenvalue weighted by Gasteiger charge is -2.11. The van der Waals surface area contributed by atoms with Crippen molar-refractivity contribution < 1.29 is 14.6 Å². The Balaban J connectivity index is 1.93. The Hall–Kier alpha value is -2.11. The molecule has 18 heavy (non-hydrogen) atoms. The van der Waals surface area contributed by atoms with Gasteiger partial charge in [0.15, 0.2) is 5.65 Å². The minimum Gasteiger partial charge on any atom is -0.478 e. The molecule has 0 aliphatic heterocycles. The predicted molar refractivity (Wildman–Crippen MR) is 63.7 cm³/mol. The van der Waals surface area contributed by atoms with Gasteiger partial charge in [0.2, 0.25) is 5.88 Å². The van der Waals surface area contributed by atoms with Crippen molar-refractivity contribution in [2.75, 3.05) is 0 Å². The molecule has 0 atom stereocenters. The van der Waals surface area contributed by atoms with Gasteiger partial charge >= 0.3 is 5.97 Å². The molecule has 1 saturated carbocycles. The van der Waals surface area contributed by atoms with E-state index in [1.54, 1.807) is 0 Å². The van der Waals surface area contributed by atoms with Gasteiger partial charge in [0, 0.05) is 6.20 Å². The van der Waals surface area contributed by atoms with Crippen LogP contribution in [0.15, 0.2) is 12.4 Å². The number of H-pyrrole nitrogens is 1. The fourth-order valence-electron chi connectivity index (χ4n) is 2.27. The molecule has 1 fully saturated rings. The minimum atomic E-state index is -1.02. The summed E-state index contributed by atoms with van der Waals surface area (Å²) in [7, 11) is 0. The van der Waals surface area contributed by atoms with Crippen LogP contribution in [-0.4, -0.2) is 32.1 Å². The van der Waals surface area contributed by atoms with E-state index < -0.39 is 5.97 Å². The molecule has 94 valence electrons. The van der Waals surface area contributed by atoms with Gasteiger partial charge in [0.05, 0.1) is 6.20 Å². The lowest BCUT2D eigenvalue weighted by atomic mass is 10.3. The summed E-state index contributed by atoms with van der Waals surface area (Å²) in [6.45, 7) is 0. The van der Waals surface area contributed by atoms with E-state index in [4.69, 9.17) is 9.84 Å². The van der Waals surface area contributed by atoms with Crippen LogP contribution in [0.5, 0.6) is 5.88 Å². The van der Waals surface area contributed by atoms with E-state index in [1.165, 1.54) is 25.2 Å². The maximum Gasteiger partial charge on any atom is 0.339 e. The van der Waals surface area contributed by atoms with E-state index in [0.29, 0.717) is 17.0 Å². The highest BCUT2D eigenvalue weighted by molar-refractivity contribution is 6.00. The SMILES string of the molecule is O=C(O)c1c[nH]c2ncc(OC3CCCC3)nc12. The van der Waals surface area contributed by atoms with Crippen LogP contribution in [0.2, 0.25) is 0 Å². The summed E-state index contributed by atoms with van der Waals surface area (Å²) in [4.78, 5) is 22.1. The second-order valence-electron chi connectivity index (χ2n) is 4.44. The number of hydrogen-bond donors (Lipinski definition) is 2. The Morgan fingerprint density at radius 2 is 2.22 bits per heavy atom. The monoisotopic (exact) mass is 247 g/mol. The van der Waals surface area contributed by atoms with Crippen molar-refractivity contribution in [1.29, 1.82) is 0 Å². The van der Waals surface area contributed by atoms with E-state index in [0.717, 1.165) is 12.8 Å². The van der Waals surface area contributed by atoms with Crippen LogP contribution in [0.25, 0.3) is 11.2 Å². The number of nitrogens with zero attached hydrogens (tertiary/aromatic N) is 2. The van der Waals surface area contributed by atoms with Gasteiger partial charge in [-0.05, 0) is 25.7 Å². The molecule has 1 aliphatic carbocycles. The van der Waals surface area contributed by atoms with Crippen molar-refractivity contribution in [1.82, 2.24) is 15.0 Å². The first kappa shape index (κ1) is 11.0. The van der Waals surface area contributed by atoms with Gasteiger partial charge in [-0.2, -0.15) is 0 Å². The van der Waals surface area contributed by atoms with E-state index in [-0.39, 0.29) is 11.7 Å². The number of nitrogens with one attached hydrogen (secondary N) is 1. The number of fused-ring (bicyclic) bond motifs is 1. The molecule has 0 spiro atoms. The Kier molecular flexibility index (Phi) is 2.62. The van der Waals surface area contributed by atoms with Crippen LogP contribution in [0.4, 0.5) is 0 Å². The van der Waals surface area contributed by atoms with Crippen molar-refractivity contribution in [2.24, 2.45) is 0 Å². The normalized spacial score (nSPS) is 16.2. The third kappa shape index (κ3) is 1.90. The lowest BCUT2D eigenvalue weighted by Crippen LogP contribution is -2.12. The number of aromatic carboxylic acids is 1. The molecule has 2 heterocycles. The topological polar surface area (TPSA) is 88.1 Å². The number of carbonyl (C=O) groups is 1. The number of ether oxygens (including phenoxy) is 1. The van der Waals surface area contributed by atoms with Gasteiger partial charge in [-0.25, -0.2) is 14.8 Å². The van der Waals surface area contributed by atoms with Crippen LogP contribution in [0, 0.1) is 0 Å². The first-order valence-corrected chi connectivity index (χ1v) is 5.98. The zero-order valence-electron chi connectivity index (χ0n) is 9.72. The highest BCUT2D eigenvalue weighted by Gasteiger charge is 2.19. The van der Waals surface area contributed by atoms with Gasteiger partial charge in [-0.3, -0.25) is 0 Å². The first-order valence-electron chi connectivity index (χ1n) is 5.98. The summed E-state index contributed by atoms with van der Waals surface area (Å²) >= 11 is 0. The van der Waals surface area contributed by atoms with Crippen LogP contribution >= 0.6 is 0 Å². The van der Waals surface area contributed by atoms with Crippen LogP contribution in [-0.2, 0) is 0 Å². The Bertz CT molecular complexity index is 587. The number of carboxylic acid groups (broad SMARTS) is 1. The number of rotatable bonds is 3. The van der Waals surface area contributed by atoms with Crippen molar-refractivity contribution >= 4 is 17.1 Å². The fourth-order valence-corrected chi connectivity index (χ4v) is 2.27. The van der Waals surface area contributed by atoms with Crippen molar-refractivity contribution in [3.8, 4) is 5.88 Å². The highest BCUT2D eigenvalue weighted by atomic mass is 16.5. The predicted octanol–water partition coefficient (Wildman–Crippen LogP) is 1.98. The summed E-state index contributed by atoms with van der Waals surface area (Å²) < 4.78 is 5.71. The first-order chi connectivity index (χ1) is 8.74. The van der Waals surface area contributed by atoms with Gasteiger partial charge in [0.1, 0.15) is 17.2 Å². The molecule has 0 unspecified atom stereocenters. The zero-order chi connectivity index (χ0) is 12.5. The minimum absolute atomic E-state index is 0.120. The lowest BCUT2D eigenvalue weighted by molar-refractivity contribution is 0.0699. The van der Waals surface area contributed by atoms with Crippen LogP contribution in [0.1, 0.15) is 36.0 Å². The van der Waals surface area contributed by atoms with Crippen molar-refractivity contribution in [3.63, 3.8) is 0 Å². The third-order valence-corrected chi connectivity index (χ3v) is 3.18. The molecule has 0 amide bonds. The molecule has 3 rings (SSSR count). The molecule has 0 aromatic carbocycles. The van der Waals surface area contributed by atoms with Gasteiger partial charge in [0.25, 0.3) is 0 Å². The molecule has 2 aromatic rings. The smallest absolute Gasteiger partial charge is 0.339 e. The molecular weight excluding hydrogens is 234 g/mol. The van der Waals surface area contributed by atoms with E-state index in [1.807, 2.05) is 0 Å². The Morgan fingerprint density at radius 3 is 2.94 bits per heavy atom. The molecule has 6 heteroatoms. The van der Waals surface area contributed by atoms with E-state index in [9.17, 15) is 4.79 Å². The fraction of sp³-hybridized carbons (Fsp3) is 0.417. The van der Waals surface area contributed by atoms with Crippen molar-refractivity contribution in [3.05, 3.63) is 18.0 Å². The molecule has 0 saturated heterocycles. The Labute approximate surface area is 103 Å². The quantitative estimate of drug-likeness (QED) is 0.865. The van der Waals surface area contributed by atoms with Crippen LogP contribution < -0.4 is 4.74 Å². The van der Waals surface area contributed by atoms with E-state index >= 15 is 0 Å². The summed E-state index contributed by atoms with van der Waals surface area (Å²) in [6.07, 6.45) is 7.51. The maximum absolute atomic E-state index is 11.0. The molecule has 6 nitrogen and oxygen atoms in total. The molecule has 0 radical (unpaired) electrons. The van der Waals surface area contributed by atoms with Gasteiger partial charge in [-0.15, -0.1) is 0 Å². The van der Waals surface area contributed by atoms with Gasteiger partial charge < -0.3 is 14.8 Å². The molecule has 2 N–H and O–H groups in total. The standard InChI is InChI=1S/C12H13N3O3/c16-12(17)8-5-13-11-10(8)15-9(6-14-11)18-7-3-1-2-4-7/h5-7H,1-4H2,(H,13,14)(H,16,17). The maximum atomic E-state index is 11.0. The number of aromatic amines is 1. The average molecular weight is 247 g/mol. The van der Waals surface area contributed by atoms with Gasteiger partial charge in [-0.1, -0.05) is 0 Å². The van der Waals surface area contributed by atoms with Crippen LogP contribution in [0.3, 0.4) is 0 Å². The van der Waals surface area contributed by atoms with Crippen molar-refractivity contribution in [2.45, 2.75) is 31.8 Å². The molecule has 0 bridgehead atoms. The molecule has 2 aromatic heterocycles. The number of aromatic nitrogens is 3. The second-order valence-corrected chi connectivity index (χ2v) is 4.44. The summed E-state index contributed by atoms with van der Waals surface area (Å²) in [5.41, 5.74) is 0.929. The third-order valence-electron chi connectivity index (χ3n) is 3.18. The average Bonchev–Trinajstić information content (AvgIpc) is 2.97. The Morgan fingerprint density at radius 1 is 1.44 bits per heavy atom. The van der Waals surface area contributed by atoms with E-state index in [2.05, 4.69) is 15.0 Å².